The van der Waals surface area contributed by atoms with E-state index in [4.69, 9.17) is 23.2 Å². The first-order valence-corrected chi connectivity index (χ1v) is 8.62. The number of benzene rings is 2. The van der Waals surface area contributed by atoms with E-state index in [0.29, 0.717) is 22.2 Å². The quantitative estimate of drug-likeness (QED) is 0.838. The van der Waals surface area contributed by atoms with E-state index < -0.39 is 6.10 Å². The Morgan fingerprint density at radius 1 is 1.08 bits per heavy atom. The van der Waals surface area contributed by atoms with Gasteiger partial charge in [0.1, 0.15) is 5.75 Å². The lowest BCUT2D eigenvalue weighted by Crippen LogP contribution is -2.32. The molecule has 2 aromatic carbocycles. The van der Waals surface area contributed by atoms with Gasteiger partial charge in [-0.1, -0.05) is 41.4 Å². The molecule has 0 saturated carbocycles. The molecule has 2 aromatic rings. The molecule has 3 rings (SSSR count). The summed E-state index contributed by atoms with van der Waals surface area (Å²) in [4.78, 5) is 2.19. The van der Waals surface area contributed by atoms with Crippen LogP contribution in [-0.2, 0) is 0 Å². The number of hydrogen-bond acceptors (Lipinski definition) is 3. The molecule has 1 aliphatic rings. The maximum absolute atomic E-state index is 10.5. The second kappa shape index (κ2) is 7.58. The summed E-state index contributed by atoms with van der Waals surface area (Å²) in [5, 5.41) is 20.9. The van der Waals surface area contributed by atoms with Gasteiger partial charge in [-0.05, 0) is 47.9 Å². The molecule has 0 saturated heterocycles. The highest BCUT2D eigenvalue weighted by atomic mass is 35.5. The summed E-state index contributed by atoms with van der Waals surface area (Å²) in [7, 11) is 0. The van der Waals surface area contributed by atoms with Crippen LogP contribution in [0.25, 0.3) is 5.57 Å². The summed E-state index contributed by atoms with van der Waals surface area (Å²) in [5.74, 6) is 0.276. The van der Waals surface area contributed by atoms with Crippen LogP contribution in [0.1, 0.15) is 23.7 Å². The Labute approximate surface area is 151 Å². The minimum absolute atomic E-state index is 0.276. The topological polar surface area (TPSA) is 43.7 Å². The zero-order valence-corrected chi connectivity index (χ0v) is 14.6. The fourth-order valence-corrected chi connectivity index (χ4v) is 3.35. The fraction of sp³-hybridized carbons (Fsp3) is 0.263. The van der Waals surface area contributed by atoms with Crippen LogP contribution in [-0.4, -0.2) is 34.7 Å². The van der Waals surface area contributed by atoms with Gasteiger partial charge < -0.3 is 10.2 Å². The monoisotopic (exact) mass is 363 g/mol. The number of aliphatic hydroxyl groups is 1. The zero-order chi connectivity index (χ0) is 17.1. The van der Waals surface area contributed by atoms with Crippen LogP contribution >= 0.6 is 23.2 Å². The van der Waals surface area contributed by atoms with Gasteiger partial charge in [-0.2, -0.15) is 0 Å². The van der Waals surface area contributed by atoms with Crippen molar-refractivity contribution in [3.8, 4) is 5.75 Å². The predicted octanol–water partition coefficient (Wildman–Crippen LogP) is 4.52. The maximum atomic E-state index is 10.5. The van der Waals surface area contributed by atoms with Gasteiger partial charge in [-0.15, -0.1) is 0 Å². The molecule has 0 spiro atoms. The maximum Gasteiger partial charge on any atom is 0.115 e. The second-order valence-electron chi connectivity index (χ2n) is 5.97. The van der Waals surface area contributed by atoms with Crippen molar-refractivity contribution in [2.24, 2.45) is 0 Å². The number of phenols is 1. The smallest absolute Gasteiger partial charge is 0.115 e. The first kappa shape index (κ1) is 17.3. The van der Waals surface area contributed by atoms with Crippen molar-refractivity contribution < 1.29 is 10.2 Å². The molecule has 1 heterocycles. The Kier molecular flexibility index (Phi) is 5.47. The van der Waals surface area contributed by atoms with Crippen LogP contribution in [0.15, 0.2) is 48.5 Å². The fourth-order valence-electron chi connectivity index (χ4n) is 2.93. The van der Waals surface area contributed by atoms with E-state index >= 15 is 0 Å². The summed E-state index contributed by atoms with van der Waals surface area (Å²) in [6.45, 7) is 2.15. The molecule has 0 aliphatic carbocycles. The Morgan fingerprint density at radius 3 is 2.50 bits per heavy atom. The van der Waals surface area contributed by atoms with Gasteiger partial charge in [0.15, 0.2) is 0 Å². The lowest BCUT2D eigenvalue weighted by atomic mass is 9.99. The Bertz CT molecular complexity index is 744. The third-order valence-corrected chi connectivity index (χ3v) is 4.86. The average molecular weight is 364 g/mol. The van der Waals surface area contributed by atoms with Crippen molar-refractivity contribution in [2.45, 2.75) is 12.5 Å². The Morgan fingerprint density at radius 2 is 1.83 bits per heavy atom. The molecule has 1 atom stereocenters. The van der Waals surface area contributed by atoms with Crippen LogP contribution < -0.4 is 0 Å². The highest BCUT2D eigenvalue weighted by Gasteiger charge is 2.19. The molecule has 3 nitrogen and oxygen atoms in total. The summed E-state index contributed by atoms with van der Waals surface area (Å²) < 4.78 is 0. The van der Waals surface area contributed by atoms with Gasteiger partial charge in [-0.3, -0.25) is 4.90 Å². The molecule has 1 unspecified atom stereocenters. The molecule has 24 heavy (non-hydrogen) atoms. The van der Waals surface area contributed by atoms with Crippen LogP contribution in [0, 0.1) is 0 Å². The third kappa shape index (κ3) is 4.11. The summed E-state index contributed by atoms with van der Waals surface area (Å²) in [5.41, 5.74) is 3.06. The van der Waals surface area contributed by atoms with Crippen LogP contribution in [0.2, 0.25) is 10.0 Å². The van der Waals surface area contributed by atoms with Crippen LogP contribution in [0.4, 0.5) is 0 Å². The number of phenolic OH excluding ortho intramolecular Hbond substituents is 1. The van der Waals surface area contributed by atoms with Crippen molar-refractivity contribution in [1.82, 2.24) is 4.90 Å². The highest BCUT2D eigenvalue weighted by Crippen LogP contribution is 2.29. The Balaban J connectivity index is 1.64. The number of hydrogen-bond donors (Lipinski definition) is 2. The van der Waals surface area contributed by atoms with Crippen molar-refractivity contribution in [2.75, 3.05) is 19.6 Å². The number of nitrogens with zero attached hydrogens (tertiary/aromatic N) is 1. The molecule has 5 heteroatoms. The molecular weight excluding hydrogens is 345 g/mol. The first-order chi connectivity index (χ1) is 11.5. The highest BCUT2D eigenvalue weighted by molar-refractivity contribution is 6.33. The van der Waals surface area contributed by atoms with E-state index in [0.717, 1.165) is 25.1 Å². The first-order valence-electron chi connectivity index (χ1n) is 7.87. The minimum atomic E-state index is -0.667. The van der Waals surface area contributed by atoms with E-state index in [-0.39, 0.29) is 5.75 Å². The summed E-state index contributed by atoms with van der Waals surface area (Å²) >= 11 is 12.1. The van der Waals surface area contributed by atoms with E-state index in [9.17, 15) is 10.2 Å². The normalized spacial score (nSPS) is 16.7. The van der Waals surface area contributed by atoms with Gasteiger partial charge in [0.05, 0.1) is 6.10 Å². The van der Waals surface area contributed by atoms with Crippen molar-refractivity contribution in [3.63, 3.8) is 0 Å². The van der Waals surface area contributed by atoms with E-state index in [2.05, 4.69) is 11.0 Å². The van der Waals surface area contributed by atoms with Gasteiger partial charge in [0.2, 0.25) is 0 Å². The zero-order valence-electron chi connectivity index (χ0n) is 13.1. The molecule has 126 valence electrons. The molecule has 0 aromatic heterocycles. The standard InChI is InChI=1S/C19H19Cl2NO2/c20-15-3-6-18(21)17(11-15)19(24)12-22-9-7-14(8-10-22)13-1-4-16(23)5-2-13/h1-7,11,19,23-24H,8-10,12H2. The van der Waals surface area contributed by atoms with E-state index in [1.54, 1.807) is 30.3 Å². The van der Waals surface area contributed by atoms with Crippen LogP contribution in [0.3, 0.4) is 0 Å². The Hall–Kier alpha value is -1.52. The van der Waals surface area contributed by atoms with Crippen molar-refractivity contribution in [1.29, 1.82) is 0 Å². The van der Waals surface area contributed by atoms with Gasteiger partial charge in [-0.25, -0.2) is 0 Å². The SMILES string of the molecule is Oc1ccc(C2=CCN(CC(O)c3cc(Cl)ccc3Cl)CC2)cc1. The van der Waals surface area contributed by atoms with Crippen molar-refractivity contribution in [3.05, 3.63) is 69.7 Å². The molecule has 1 aliphatic heterocycles. The molecule has 0 fully saturated rings. The van der Waals surface area contributed by atoms with Crippen molar-refractivity contribution >= 4 is 28.8 Å². The van der Waals surface area contributed by atoms with Gasteiger partial charge >= 0.3 is 0 Å². The average Bonchev–Trinajstić information content (AvgIpc) is 2.58. The largest absolute Gasteiger partial charge is 0.508 e. The van der Waals surface area contributed by atoms with E-state index in [1.807, 2.05) is 12.1 Å². The molecule has 2 N–H and O–H groups in total. The molecule has 0 radical (unpaired) electrons. The molecule has 0 amide bonds. The third-order valence-electron chi connectivity index (χ3n) is 4.28. The summed E-state index contributed by atoms with van der Waals surface area (Å²) in [6.07, 6.45) is 2.41. The predicted molar refractivity (Wildman–Crippen MR) is 98.6 cm³/mol. The number of β-amino-alcohol motifs (C(OH)–C–C–N with tert-alkyl or cyclic N) is 1. The number of aliphatic hydroxyl groups excluding tert-OH is 1. The second-order valence-corrected chi connectivity index (χ2v) is 6.81. The number of aromatic hydroxyl groups is 1. The lowest BCUT2D eigenvalue weighted by molar-refractivity contribution is 0.119. The number of rotatable bonds is 4. The van der Waals surface area contributed by atoms with Gasteiger partial charge in [0.25, 0.3) is 0 Å². The lowest BCUT2D eigenvalue weighted by Gasteiger charge is -2.28. The van der Waals surface area contributed by atoms with Gasteiger partial charge in [0, 0.05) is 35.2 Å². The molecular formula is C19H19Cl2NO2. The summed E-state index contributed by atoms with van der Waals surface area (Å²) in [6, 6.07) is 12.4. The van der Waals surface area contributed by atoms with Crippen LogP contribution in [0.5, 0.6) is 5.75 Å². The minimum Gasteiger partial charge on any atom is -0.508 e. The molecule has 0 bridgehead atoms. The number of halogens is 2. The van der Waals surface area contributed by atoms with E-state index in [1.165, 1.54) is 5.57 Å².